The van der Waals surface area contributed by atoms with Crippen LogP contribution in [0.15, 0.2) is 30.7 Å². The summed E-state index contributed by atoms with van der Waals surface area (Å²) in [5.74, 6) is -0.276. The first-order chi connectivity index (χ1) is 12.1. The van der Waals surface area contributed by atoms with Crippen LogP contribution in [0.3, 0.4) is 0 Å². The van der Waals surface area contributed by atoms with Crippen molar-refractivity contribution >= 4 is 22.8 Å². The van der Waals surface area contributed by atoms with Gasteiger partial charge in [-0.2, -0.15) is 0 Å². The Balaban J connectivity index is 1.44. The van der Waals surface area contributed by atoms with Crippen LogP contribution in [-0.4, -0.2) is 38.7 Å². The minimum atomic E-state index is -0.915. The summed E-state index contributed by atoms with van der Waals surface area (Å²) in [5, 5.41) is 3.34. The Morgan fingerprint density at radius 1 is 1.08 bits per heavy atom. The smallest absolute Gasteiger partial charge is 0.205 e. The number of fused-ring (bicyclic) bond motifs is 1. The molecule has 8 heteroatoms. The Labute approximate surface area is 143 Å². The van der Waals surface area contributed by atoms with Gasteiger partial charge in [-0.15, -0.1) is 0 Å². The van der Waals surface area contributed by atoms with E-state index in [0.717, 1.165) is 44.0 Å². The maximum absolute atomic E-state index is 13.4. The van der Waals surface area contributed by atoms with E-state index in [-0.39, 0.29) is 6.04 Å². The van der Waals surface area contributed by atoms with Crippen molar-refractivity contribution in [1.29, 1.82) is 0 Å². The predicted molar refractivity (Wildman–Crippen MR) is 91.5 cm³/mol. The topological polar surface area (TPSA) is 58.9 Å². The van der Waals surface area contributed by atoms with Crippen molar-refractivity contribution in [2.24, 2.45) is 7.05 Å². The molecule has 3 aromatic rings. The first kappa shape index (κ1) is 15.7. The van der Waals surface area contributed by atoms with Crippen LogP contribution in [-0.2, 0) is 7.05 Å². The number of hydrogen-bond acceptors (Lipinski definition) is 5. The normalized spacial score (nSPS) is 15.7. The second-order valence-corrected chi connectivity index (χ2v) is 6.25. The third kappa shape index (κ3) is 3.11. The maximum atomic E-state index is 13.4. The van der Waals surface area contributed by atoms with Gasteiger partial charge >= 0.3 is 0 Å². The number of hydrogen-bond donors (Lipinski definition) is 1. The Hall–Kier alpha value is -2.77. The minimum Gasteiger partial charge on any atom is -0.366 e. The Kier molecular flexibility index (Phi) is 3.95. The second-order valence-electron chi connectivity index (χ2n) is 6.25. The van der Waals surface area contributed by atoms with Gasteiger partial charge in [-0.25, -0.2) is 18.7 Å². The predicted octanol–water partition coefficient (Wildman–Crippen LogP) is 2.72. The number of nitrogens with one attached hydrogen (secondary N) is 1. The van der Waals surface area contributed by atoms with Crippen LogP contribution in [0.25, 0.3) is 11.0 Å². The van der Waals surface area contributed by atoms with Crippen LogP contribution < -0.4 is 10.2 Å². The van der Waals surface area contributed by atoms with E-state index in [2.05, 4.69) is 25.2 Å². The number of aromatic nitrogens is 4. The molecule has 25 heavy (non-hydrogen) atoms. The first-order valence-electron chi connectivity index (χ1n) is 8.21. The number of halogens is 2. The molecule has 1 N–H and O–H groups in total. The van der Waals surface area contributed by atoms with Crippen LogP contribution in [0.2, 0.25) is 0 Å². The third-order valence-corrected chi connectivity index (χ3v) is 4.51. The van der Waals surface area contributed by atoms with Crippen molar-refractivity contribution in [3.63, 3.8) is 0 Å². The summed E-state index contributed by atoms with van der Waals surface area (Å²) in [7, 11) is 1.99. The lowest BCUT2D eigenvalue weighted by atomic mass is 10.1. The zero-order valence-electron chi connectivity index (χ0n) is 13.8. The van der Waals surface area contributed by atoms with Crippen molar-refractivity contribution in [3.8, 4) is 0 Å². The van der Waals surface area contributed by atoms with Crippen LogP contribution >= 0.6 is 0 Å². The minimum absolute atomic E-state index is 0.258. The van der Waals surface area contributed by atoms with Crippen molar-refractivity contribution < 1.29 is 8.78 Å². The molecule has 0 aliphatic carbocycles. The molecule has 1 aliphatic rings. The molecule has 0 radical (unpaired) electrons. The van der Waals surface area contributed by atoms with Gasteiger partial charge in [0.15, 0.2) is 11.6 Å². The Bertz CT molecular complexity index is 901. The lowest BCUT2D eigenvalue weighted by Gasteiger charge is -2.33. The molecule has 0 amide bonds. The highest BCUT2D eigenvalue weighted by Gasteiger charge is 2.21. The number of nitrogens with zero attached hydrogens (tertiary/aromatic N) is 5. The molecule has 3 heterocycles. The summed E-state index contributed by atoms with van der Waals surface area (Å²) >= 11 is 0. The summed E-state index contributed by atoms with van der Waals surface area (Å²) in [6, 6.07) is 2.40. The molecule has 1 saturated heterocycles. The monoisotopic (exact) mass is 344 g/mol. The lowest BCUT2D eigenvalue weighted by molar-refractivity contribution is 0.510. The van der Waals surface area contributed by atoms with Gasteiger partial charge in [-0.05, 0) is 12.8 Å². The molecule has 0 spiro atoms. The molecule has 1 aromatic carbocycles. The summed E-state index contributed by atoms with van der Waals surface area (Å²) in [4.78, 5) is 15.1. The zero-order chi connectivity index (χ0) is 17.4. The van der Waals surface area contributed by atoms with Crippen LogP contribution in [0.1, 0.15) is 12.8 Å². The van der Waals surface area contributed by atoms with Gasteiger partial charge in [-0.1, -0.05) is 0 Å². The lowest BCUT2D eigenvalue weighted by Crippen LogP contribution is -2.40. The molecule has 0 saturated carbocycles. The Morgan fingerprint density at radius 2 is 1.80 bits per heavy atom. The average Bonchev–Trinajstić information content (AvgIpc) is 3.03. The van der Waals surface area contributed by atoms with Gasteiger partial charge in [0.25, 0.3) is 0 Å². The second kappa shape index (κ2) is 6.27. The van der Waals surface area contributed by atoms with E-state index in [1.807, 2.05) is 17.8 Å². The quantitative estimate of drug-likeness (QED) is 0.792. The van der Waals surface area contributed by atoms with Crippen LogP contribution in [0, 0.1) is 11.6 Å². The molecule has 1 fully saturated rings. The molecule has 6 nitrogen and oxygen atoms in total. The highest BCUT2D eigenvalue weighted by Crippen LogP contribution is 2.21. The van der Waals surface area contributed by atoms with E-state index in [4.69, 9.17) is 0 Å². The summed E-state index contributed by atoms with van der Waals surface area (Å²) < 4.78 is 28.6. The molecule has 0 atom stereocenters. The highest BCUT2D eigenvalue weighted by atomic mass is 19.2. The van der Waals surface area contributed by atoms with Gasteiger partial charge in [0.1, 0.15) is 5.82 Å². The van der Waals surface area contributed by atoms with E-state index in [1.54, 1.807) is 12.4 Å². The van der Waals surface area contributed by atoms with Crippen molar-refractivity contribution in [2.45, 2.75) is 18.9 Å². The molecule has 1 aliphatic heterocycles. The van der Waals surface area contributed by atoms with E-state index in [9.17, 15) is 8.78 Å². The number of piperidine rings is 1. The number of anilines is 2. The maximum Gasteiger partial charge on any atom is 0.205 e. The van der Waals surface area contributed by atoms with Crippen LogP contribution in [0.4, 0.5) is 20.5 Å². The first-order valence-corrected chi connectivity index (χ1v) is 8.21. The van der Waals surface area contributed by atoms with E-state index in [1.165, 1.54) is 0 Å². The van der Waals surface area contributed by atoms with Crippen molar-refractivity contribution in [2.75, 3.05) is 23.3 Å². The summed E-state index contributed by atoms with van der Waals surface area (Å²) in [5.41, 5.74) is 0.684. The summed E-state index contributed by atoms with van der Waals surface area (Å²) in [6.07, 6.45) is 7.16. The van der Waals surface area contributed by atoms with Gasteiger partial charge < -0.3 is 14.8 Å². The average molecular weight is 344 g/mol. The standard InChI is InChI=1S/C17H18F2N6/c1-24-7-4-20-17(24)25-5-2-11(3-6-25)22-16-10-21-14-8-12(18)13(19)9-15(14)23-16/h4,7-11H,2-3,5-6H2,1H3,(H,22,23). The zero-order valence-corrected chi connectivity index (χ0v) is 13.8. The fraction of sp³-hybridized carbons (Fsp3) is 0.353. The van der Waals surface area contributed by atoms with Gasteiger partial charge in [-0.3, -0.25) is 4.98 Å². The third-order valence-electron chi connectivity index (χ3n) is 4.51. The van der Waals surface area contributed by atoms with Gasteiger partial charge in [0.2, 0.25) is 5.95 Å². The molecular formula is C17H18F2N6. The van der Waals surface area contributed by atoms with Gasteiger partial charge in [0.05, 0.1) is 17.2 Å². The molecule has 2 aromatic heterocycles. The van der Waals surface area contributed by atoms with Crippen molar-refractivity contribution in [1.82, 2.24) is 19.5 Å². The fourth-order valence-corrected chi connectivity index (χ4v) is 3.17. The Morgan fingerprint density at radius 3 is 2.48 bits per heavy atom. The fourth-order valence-electron chi connectivity index (χ4n) is 3.17. The van der Waals surface area contributed by atoms with Crippen LogP contribution in [0.5, 0.6) is 0 Å². The molecule has 4 rings (SSSR count). The van der Waals surface area contributed by atoms with E-state index >= 15 is 0 Å². The van der Waals surface area contributed by atoms with Crippen molar-refractivity contribution in [3.05, 3.63) is 42.4 Å². The molecule has 130 valence electrons. The summed E-state index contributed by atoms with van der Waals surface area (Å²) in [6.45, 7) is 1.78. The molecule has 0 unspecified atom stereocenters. The van der Waals surface area contributed by atoms with E-state index < -0.39 is 11.6 Å². The number of rotatable bonds is 3. The molecule has 0 bridgehead atoms. The largest absolute Gasteiger partial charge is 0.366 e. The highest BCUT2D eigenvalue weighted by molar-refractivity contribution is 5.75. The molecular weight excluding hydrogens is 326 g/mol. The number of aryl methyl sites for hydroxylation is 1. The SMILES string of the molecule is Cn1ccnc1N1CCC(Nc2cnc3cc(F)c(F)cc3n2)CC1. The van der Waals surface area contributed by atoms with Gasteiger partial charge in [0, 0.05) is 50.7 Å². The van der Waals surface area contributed by atoms with E-state index in [0.29, 0.717) is 16.9 Å². The number of imidazole rings is 1. The number of benzene rings is 1.